The van der Waals surface area contributed by atoms with Gasteiger partial charge in [0, 0.05) is 17.1 Å². The molecule has 1 heterocycles. The van der Waals surface area contributed by atoms with E-state index in [1.807, 2.05) is 0 Å². The number of nitrogens with one attached hydrogen (secondary N) is 1. The second-order valence-electron chi connectivity index (χ2n) is 3.99. The van der Waals surface area contributed by atoms with E-state index < -0.39 is 6.04 Å². The molecular weight excluding hydrogens is 315 g/mol. The van der Waals surface area contributed by atoms with Gasteiger partial charge in [0.15, 0.2) is 5.75 Å². The van der Waals surface area contributed by atoms with Crippen LogP contribution in [0.4, 0.5) is 4.39 Å². The number of benzene rings is 1. The second-order valence-corrected chi connectivity index (χ2v) is 4.90. The number of aromatic nitrogens is 2. The van der Waals surface area contributed by atoms with Crippen molar-refractivity contribution in [3.05, 3.63) is 45.9 Å². The molecule has 3 N–H and O–H groups in total. The van der Waals surface area contributed by atoms with E-state index in [0.717, 1.165) is 0 Å². The number of ether oxygens (including phenoxy) is 1. The van der Waals surface area contributed by atoms with E-state index in [4.69, 9.17) is 10.6 Å². The summed E-state index contributed by atoms with van der Waals surface area (Å²) in [4.78, 5) is 0. The summed E-state index contributed by atoms with van der Waals surface area (Å²) < 4.78 is 21.5. The summed E-state index contributed by atoms with van der Waals surface area (Å²) in [5.41, 5.74) is 3.68. The minimum absolute atomic E-state index is 0.361. The molecule has 1 aromatic heterocycles. The predicted octanol–water partition coefficient (Wildman–Crippen LogP) is 1.88. The number of hydrogen-bond donors (Lipinski definition) is 2. The van der Waals surface area contributed by atoms with E-state index in [9.17, 15) is 4.39 Å². The molecule has 1 atom stereocenters. The number of nitrogens with zero attached hydrogens (tertiary/aromatic N) is 2. The van der Waals surface area contributed by atoms with Crippen LogP contribution in [0.1, 0.15) is 17.3 Å². The van der Waals surface area contributed by atoms with Crippen LogP contribution in [0.2, 0.25) is 0 Å². The number of halogens is 2. The first-order valence-electron chi connectivity index (χ1n) is 5.55. The van der Waals surface area contributed by atoms with E-state index in [-0.39, 0.29) is 5.82 Å². The van der Waals surface area contributed by atoms with E-state index in [0.29, 0.717) is 21.5 Å². The molecule has 1 aromatic carbocycles. The highest BCUT2D eigenvalue weighted by atomic mass is 79.9. The van der Waals surface area contributed by atoms with Crippen LogP contribution in [0.15, 0.2) is 28.9 Å². The minimum atomic E-state index is -0.546. The molecule has 2 rings (SSSR count). The maximum Gasteiger partial charge on any atom is 0.161 e. The Balaban J connectivity index is 2.52. The van der Waals surface area contributed by atoms with Crippen LogP contribution in [-0.2, 0) is 7.05 Å². The molecule has 0 aliphatic rings. The van der Waals surface area contributed by atoms with Crippen LogP contribution < -0.4 is 16.0 Å². The number of nitrogens with two attached hydrogens (primary N) is 1. The number of rotatable bonds is 4. The van der Waals surface area contributed by atoms with E-state index >= 15 is 0 Å². The van der Waals surface area contributed by atoms with Crippen molar-refractivity contribution < 1.29 is 9.13 Å². The van der Waals surface area contributed by atoms with Gasteiger partial charge in [-0.25, -0.2) is 9.82 Å². The van der Waals surface area contributed by atoms with Gasteiger partial charge in [-0.2, -0.15) is 5.10 Å². The average Bonchev–Trinajstić information content (AvgIpc) is 2.74. The Morgan fingerprint density at radius 1 is 1.53 bits per heavy atom. The standard InChI is InChI=1S/C12H14BrFN4O/c1-18-12(10(19-2)6-16-18)11(17-15)8-4-3-7(13)5-9(8)14/h3-6,11,17H,15H2,1-2H3. The highest BCUT2D eigenvalue weighted by Crippen LogP contribution is 2.31. The Bertz CT molecular complexity index is 587. The number of methoxy groups -OCH3 is 1. The Kier molecular flexibility index (Phi) is 4.18. The van der Waals surface area contributed by atoms with Crippen LogP contribution >= 0.6 is 15.9 Å². The third kappa shape index (κ3) is 2.63. The lowest BCUT2D eigenvalue weighted by Gasteiger charge is -2.18. The van der Waals surface area contributed by atoms with E-state index in [1.54, 1.807) is 30.1 Å². The molecule has 0 aliphatic carbocycles. The maximum absolute atomic E-state index is 14.1. The first-order chi connectivity index (χ1) is 9.08. The zero-order valence-corrected chi connectivity index (χ0v) is 12.1. The Morgan fingerprint density at radius 3 is 2.84 bits per heavy atom. The van der Waals surface area contributed by atoms with Gasteiger partial charge in [0.2, 0.25) is 0 Å². The van der Waals surface area contributed by atoms with Crippen LogP contribution in [0.25, 0.3) is 0 Å². The molecule has 0 amide bonds. The van der Waals surface area contributed by atoms with Crippen molar-refractivity contribution in [2.45, 2.75) is 6.04 Å². The summed E-state index contributed by atoms with van der Waals surface area (Å²) in [6.07, 6.45) is 1.57. The minimum Gasteiger partial charge on any atom is -0.493 e. The zero-order valence-electron chi connectivity index (χ0n) is 10.5. The smallest absolute Gasteiger partial charge is 0.161 e. The molecule has 2 aromatic rings. The van der Waals surface area contributed by atoms with E-state index in [2.05, 4.69) is 26.5 Å². The molecule has 0 radical (unpaired) electrons. The van der Waals surface area contributed by atoms with Gasteiger partial charge >= 0.3 is 0 Å². The van der Waals surface area contributed by atoms with Gasteiger partial charge in [-0.3, -0.25) is 10.5 Å². The van der Waals surface area contributed by atoms with Crippen molar-refractivity contribution in [3.63, 3.8) is 0 Å². The van der Waals surface area contributed by atoms with Crippen molar-refractivity contribution in [2.24, 2.45) is 12.9 Å². The first kappa shape index (κ1) is 14.0. The average molecular weight is 329 g/mol. The Morgan fingerprint density at radius 2 is 2.26 bits per heavy atom. The van der Waals surface area contributed by atoms with Crippen LogP contribution in [0.5, 0.6) is 5.75 Å². The van der Waals surface area contributed by atoms with Gasteiger partial charge in [-0.1, -0.05) is 22.0 Å². The number of aryl methyl sites for hydroxylation is 1. The highest BCUT2D eigenvalue weighted by Gasteiger charge is 2.24. The van der Waals surface area contributed by atoms with Crippen LogP contribution in [-0.4, -0.2) is 16.9 Å². The summed E-state index contributed by atoms with van der Waals surface area (Å²) in [6.45, 7) is 0. The topological polar surface area (TPSA) is 65.1 Å². The van der Waals surface area contributed by atoms with Crippen molar-refractivity contribution in [1.82, 2.24) is 15.2 Å². The molecule has 1 unspecified atom stereocenters. The third-order valence-electron chi connectivity index (χ3n) is 2.88. The largest absolute Gasteiger partial charge is 0.493 e. The highest BCUT2D eigenvalue weighted by molar-refractivity contribution is 9.10. The lowest BCUT2D eigenvalue weighted by molar-refractivity contribution is 0.400. The monoisotopic (exact) mass is 328 g/mol. The van der Waals surface area contributed by atoms with E-state index in [1.165, 1.54) is 13.2 Å². The van der Waals surface area contributed by atoms with Gasteiger partial charge in [-0.05, 0) is 12.1 Å². The zero-order chi connectivity index (χ0) is 14.0. The maximum atomic E-state index is 14.1. The lowest BCUT2D eigenvalue weighted by atomic mass is 10.0. The summed E-state index contributed by atoms with van der Waals surface area (Å²) in [5, 5.41) is 4.09. The van der Waals surface area contributed by atoms with Gasteiger partial charge in [0.25, 0.3) is 0 Å². The molecule has 0 bridgehead atoms. The molecule has 5 nitrogen and oxygen atoms in total. The van der Waals surface area contributed by atoms with Crippen molar-refractivity contribution in [1.29, 1.82) is 0 Å². The molecule has 0 aliphatic heterocycles. The summed E-state index contributed by atoms with van der Waals surface area (Å²) in [7, 11) is 3.28. The normalized spacial score (nSPS) is 12.5. The van der Waals surface area contributed by atoms with Gasteiger partial charge in [-0.15, -0.1) is 0 Å². The first-order valence-corrected chi connectivity index (χ1v) is 6.34. The predicted molar refractivity (Wildman–Crippen MR) is 73.0 cm³/mol. The summed E-state index contributed by atoms with van der Waals surface area (Å²) >= 11 is 3.22. The molecule has 7 heteroatoms. The number of hydrazine groups is 1. The molecule has 0 spiro atoms. The van der Waals surface area contributed by atoms with Gasteiger partial charge in [0.05, 0.1) is 19.3 Å². The van der Waals surface area contributed by atoms with Gasteiger partial charge in [0.1, 0.15) is 11.5 Å². The molecule has 19 heavy (non-hydrogen) atoms. The van der Waals surface area contributed by atoms with Crippen LogP contribution in [0.3, 0.4) is 0 Å². The summed E-state index contributed by atoms with van der Waals surface area (Å²) in [6, 6.07) is 4.26. The fourth-order valence-electron chi connectivity index (χ4n) is 1.96. The molecule has 0 fully saturated rings. The molecule has 102 valence electrons. The van der Waals surface area contributed by atoms with Crippen molar-refractivity contribution in [3.8, 4) is 5.75 Å². The Hall–Kier alpha value is -1.44. The third-order valence-corrected chi connectivity index (χ3v) is 3.38. The number of hydrogen-bond acceptors (Lipinski definition) is 4. The lowest BCUT2D eigenvalue weighted by Crippen LogP contribution is -2.31. The molecule has 0 saturated carbocycles. The fourth-order valence-corrected chi connectivity index (χ4v) is 2.30. The molecule has 0 saturated heterocycles. The SMILES string of the molecule is COc1cnn(C)c1C(NN)c1ccc(Br)cc1F. The van der Waals surface area contributed by atoms with Crippen molar-refractivity contribution >= 4 is 15.9 Å². The second kappa shape index (κ2) is 5.68. The Labute approximate surface area is 118 Å². The fraction of sp³-hybridized carbons (Fsp3) is 0.250. The van der Waals surface area contributed by atoms with Gasteiger partial charge < -0.3 is 4.74 Å². The quantitative estimate of drug-likeness (QED) is 0.664. The molecular formula is C12H14BrFN4O. The van der Waals surface area contributed by atoms with Crippen LogP contribution in [0, 0.1) is 5.82 Å². The summed E-state index contributed by atoms with van der Waals surface area (Å²) in [5.74, 6) is 5.76. The van der Waals surface area contributed by atoms with Crippen molar-refractivity contribution in [2.75, 3.05) is 7.11 Å².